The minimum absolute atomic E-state index is 0.0512. The molecule has 6 heteroatoms. The van der Waals surface area contributed by atoms with Gasteiger partial charge in [0, 0.05) is 37.9 Å². The van der Waals surface area contributed by atoms with Gasteiger partial charge in [-0.1, -0.05) is 12.1 Å². The molecular weight excluding hydrogens is 270 g/mol. The van der Waals surface area contributed by atoms with Crippen molar-refractivity contribution < 1.29 is 14.7 Å². The van der Waals surface area contributed by atoms with Crippen LogP contribution in [0, 0.1) is 0 Å². The Kier molecular flexibility index (Phi) is 3.62. The molecule has 0 saturated carbocycles. The summed E-state index contributed by atoms with van der Waals surface area (Å²) in [6.45, 7) is 3.12. The fourth-order valence-corrected chi connectivity index (χ4v) is 2.77. The quantitative estimate of drug-likeness (QED) is 0.813. The van der Waals surface area contributed by atoms with E-state index in [4.69, 9.17) is 5.11 Å². The third kappa shape index (κ3) is 2.75. The molecule has 1 atom stereocenters. The summed E-state index contributed by atoms with van der Waals surface area (Å²) >= 11 is 0. The number of anilines is 1. The van der Waals surface area contributed by atoms with Gasteiger partial charge in [0.1, 0.15) is 0 Å². The van der Waals surface area contributed by atoms with Crippen molar-refractivity contribution in [3.8, 4) is 0 Å². The molecule has 0 unspecified atom stereocenters. The van der Waals surface area contributed by atoms with Crippen molar-refractivity contribution in [2.75, 3.05) is 31.1 Å². The number of carboxylic acids is 1. The lowest BCUT2D eigenvalue weighted by atomic mass is 10.2. The van der Waals surface area contributed by atoms with E-state index in [1.54, 1.807) is 4.90 Å². The molecule has 0 aromatic heterocycles. The van der Waals surface area contributed by atoms with Gasteiger partial charge in [-0.2, -0.15) is 0 Å². The lowest BCUT2D eigenvalue weighted by molar-refractivity contribution is -0.131. The molecule has 0 aliphatic carbocycles. The van der Waals surface area contributed by atoms with Crippen LogP contribution in [-0.4, -0.2) is 54.2 Å². The molecule has 2 fully saturated rings. The Bertz CT molecular complexity index is 582. The van der Waals surface area contributed by atoms with E-state index in [0.717, 1.165) is 37.0 Å². The molecule has 110 valence electrons. The van der Waals surface area contributed by atoms with Crippen LogP contribution >= 0.6 is 0 Å². The normalized spacial score (nSPS) is 21.9. The molecule has 1 aromatic carbocycles. The van der Waals surface area contributed by atoms with Crippen LogP contribution < -0.4 is 10.2 Å². The molecule has 1 aromatic rings. The summed E-state index contributed by atoms with van der Waals surface area (Å²) in [5, 5.41) is 11.9. The Labute approximate surface area is 122 Å². The molecule has 0 spiro atoms. The number of hydrogen-bond donors (Lipinski definition) is 2. The van der Waals surface area contributed by atoms with E-state index in [0.29, 0.717) is 6.54 Å². The second kappa shape index (κ2) is 5.57. The van der Waals surface area contributed by atoms with Crippen molar-refractivity contribution in [2.45, 2.75) is 6.04 Å². The Morgan fingerprint density at radius 2 is 2.10 bits per heavy atom. The van der Waals surface area contributed by atoms with Crippen LogP contribution in [0.3, 0.4) is 0 Å². The second-order valence-electron chi connectivity index (χ2n) is 5.21. The van der Waals surface area contributed by atoms with Crippen molar-refractivity contribution in [3.05, 3.63) is 35.9 Å². The van der Waals surface area contributed by atoms with Gasteiger partial charge in [0.05, 0.1) is 6.04 Å². The van der Waals surface area contributed by atoms with Gasteiger partial charge in [0.25, 0.3) is 0 Å². The first kappa shape index (κ1) is 13.6. The van der Waals surface area contributed by atoms with E-state index >= 15 is 0 Å². The first-order chi connectivity index (χ1) is 10.1. The number of nitrogens with one attached hydrogen (secondary N) is 1. The topological polar surface area (TPSA) is 72.9 Å². The van der Waals surface area contributed by atoms with Crippen molar-refractivity contribution in [2.24, 2.45) is 0 Å². The molecule has 2 amide bonds. The highest BCUT2D eigenvalue weighted by atomic mass is 16.4. The summed E-state index contributed by atoms with van der Waals surface area (Å²) in [7, 11) is 0. The van der Waals surface area contributed by atoms with Gasteiger partial charge >= 0.3 is 12.0 Å². The first-order valence-electron chi connectivity index (χ1n) is 6.95. The molecule has 2 N–H and O–H groups in total. The number of amides is 2. The van der Waals surface area contributed by atoms with Gasteiger partial charge < -0.3 is 15.3 Å². The van der Waals surface area contributed by atoms with Gasteiger partial charge in [0.2, 0.25) is 0 Å². The van der Waals surface area contributed by atoms with Crippen LogP contribution in [0.1, 0.15) is 5.56 Å². The van der Waals surface area contributed by atoms with Crippen molar-refractivity contribution in [3.63, 3.8) is 0 Å². The maximum Gasteiger partial charge on any atom is 0.328 e. The van der Waals surface area contributed by atoms with Crippen LogP contribution in [0.25, 0.3) is 6.08 Å². The minimum Gasteiger partial charge on any atom is -0.478 e. The van der Waals surface area contributed by atoms with Gasteiger partial charge in [0.15, 0.2) is 0 Å². The number of aliphatic carboxylic acids is 1. The highest BCUT2D eigenvalue weighted by Gasteiger charge is 2.38. The highest BCUT2D eigenvalue weighted by molar-refractivity contribution is 5.95. The van der Waals surface area contributed by atoms with Gasteiger partial charge in [-0.25, -0.2) is 9.59 Å². The SMILES string of the molecule is O=C(O)/C=C/c1ccc(N2C[C@@H]3CNCCN3C2=O)cc1. The molecule has 2 heterocycles. The van der Waals surface area contributed by atoms with Gasteiger partial charge in [-0.05, 0) is 23.8 Å². The number of rotatable bonds is 3. The molecular formula is C15H17N3O3. The standard InChI is InChI=1S/C15H17N3O3/c19-14(20)6-3-11-1-4-12(5-2-11)18-10-13-9-16-7-8-17(13)15(18)21/h1-6,13,16H,7-10H2,(H,19,20)/b6-3+/t13-/m0/s1. The number of nitrogens with zero attached hydrogens (tertiary/aromatic N) is 2. The number of piperazine rings is 1. The summed E-state index contributed by atoms with van der Waals surface area (Å²) in [6, 6.07) is 7.62. The fourth-order valence-electron chi connectivity index (χ4n) is 2.77. The van der Waals surface area contributed by atoms with Gasteiger partial charge in [-0.3, -0.25) is 4.90 Å². The number of carbonyl (C=O) groups is 2. The number of carbonyl (C=O) groups excluding carboxylic acids is 1. The summed E-state index contributed by atoms with van der Waals surface area (Å²) in [5.41, 5.74) is 1.65. The lowest BCUT2D eigenvalue weighted by Gasteiger charge is -2.28. The van der Waals surface area contributed by atoms with Crippen molar-refractivity contribution in [1.29, 1.82) is 0 Å². The fraction of sp³-hybridized carbons (Fsp3) is 0.333. The second-order valence-corrected chi connectivity index (χ2v) is 5.21. The Hall–Kier alpha value is -2.34. The number of carboxylic acid groups (broad SMARTS) is 1. The summed E-state index contributed by atoms with van der Waals surface area (Å²) < 4.78 is 0. The molecule has 0 radical (unpaired) electrons. The van der Waals surface area contributed by atoms with Crippen LogP contribution in [0.5, 0.6) is 0 Å². The van der Waals surface area contributed by atoms with E-state index in [9.17, 15) is 9.59 Å². The van der Waals surface area contributed by atoms with E-state index in [-0.39, 0.29) is 12.1 Å². The smallest absolute Gasteiger partial charge is 0.328 e. The van der Waals surface area contributed by atoms with E-state index in [1.807, 2.05) is 29.2 Å². The zero-order chi connectivity index (χ0) is 14.8. The van der Waals surface area contributed by atoms with Crippen LogP contribution in [0.2, 0.25) is 0 Å². The Morgan fingerprint density at radius 3 is 2.76 bits per heavy atom. The molecule has 2 saturated heterocycles. The lowest BCUT2D eigenvalue weighted by Crippen LogP contribution is -2.49. The monoisotopic (exact) mass is 287 g/mol. The van der Waals surface area contributed by atoms with E-state index < -0.39 is 5.97 Å². The van der Waals surface area contributed by atoms with E-state index in [2.05, 4.69) is 5.32 Å². The average Bonchev–Trinajstić information content (AvgIpc) is 2.83. The van der Waals surface area contributed by atoms with Crippen molar-refractivity contribution >= 4 is 23.8 Å². The maximum atomic E-state index is 12.4. The zero-order valence-electron chi connectivity index (χ0n) is 11.5. The molecule has 0 bridgehead atoms. The Balaban J connectivity index is 1.75. The maximum absolute atomic E-state index is 12.4. The van der Waals surface area contributed by atoms with Crippen LogP contribution in [-0.2, 0) is 4.79 Å². The number of fused-ring (bicyclic) bond motifs is 1. The summed E-state index contributed by atoms with van der Waals surface area (Å²) in [4.78, 5) is 26.5. The van der Waals surface area contributed by atoms with Crippen LogP contribution in [0.15, 0.2) is 30.3 Å². The predicted octanol–water partition coefficient (Wildman–Crippen LogP) is 0.998. The largest absolute Gasteiger partial charge is 0.478 e. The molecule has 3 rings (SSSR count). The molecule has 21 heavy (non-hydrogen) atoms. The molecule has 2 aliphatic heterocycles. The number of benzene rings is 1. The third-order valence-electron chi connectivity index (χ3n) is 3.84. The summed E-state index contributed by atoms with van der Waals surface area (Å²) in [5.74, 6) is -0.974. The Morgan fingerprint density at radius 1 is 1.33 bits per heavy atom. The average molecular weight is 287 g/mol. The molecule has 2 aliphatic rings. The molecule has 6 nitrogen and oxygen atoms in total. The van der Waals surface area contributed by atoms with Crippen LogP contribution in [0.4, 0.5) is 10.5 Å². The minimum atomic E-state index is -0.974. The highest BCUT2D eigenvalue weighted by Crippen LogP contribution is 2.25. The van der Waals surface area contributed by atoms with Crippen molar-refractivity contribution in [1.82, 2.24) is 10.2 Å². The zero-order valence-corrected chi connectivity index (χ0v) is 11.5. The van der Waals surface area contributed by atoms with E-state index in [1.165, 1.54) is 6.08 Å². The number of hydrogen-bond acceptors (Lipinski definition) is 3. The number of urea groups is 1. The predicted molar refractivity (Wildman–Crippen MR) is 79.2 cm³/mol. The van der Waals surface area contributed by atoms with Gasteiger partial charge in [-0.15, -0.1) is 0 Å². The summed E-state index contributed by atoms with van der Waals surface area (Å²) in [6.07, 6.45) is 2.63. The first-order valence-corrected chi connectivity index (χ1v) is 6.95. The third-order valence-corrected chi connectivity index (χ3v) is 3.84.